The minimum absolute atomic E-state index is 0.390. The maximum atomic E-state index is 11.6. The van der Waals surface area contributed by atoms with E-state index in [0.29, 0.717) is 5.75 Å². The zero-order valence-corrected chi connectivity index (χ0v) is 10.5. The molecule has 2 rings (SSSR count). The standard InChI is InChI=1S/C17H14O2/c1-2-14-8-10-15(11-9-14)12-13-17(18)19-16-6-4-3-5-7-16/h2-13H,1H2. The van der Waals surface area contributed by atoms with E-state index in [0.717, 1.165) is 11.1 Å². The van der Waals surface area contributed by atoms with Crippen LogP contribution in [0.1, 0.15) is 11.1 Å². The molecular formula is C17H14O2. The van der Waals surface area contributed by atoms with Crippen molar-refractivity contribution in [2.75, 3.05) is 0 Å². The molecule has 0 aliphatic heterocycles. The summed E-state index contributed by atoms with van der Waals surface area (Å²) in [6.45, 7) is 3.69. The predicted molar refractivity (Wildman–Crippen MR) is 77.6 cm³/mol. The fourth-order valence-corrected chi connectivity index (χ4v) is 1.55. The molecule has 0 heterocycles. The fourth-order valence-electron chi connectivity index (χ4n) is 1.55. The maximum Gasteiger partial charge on any atom is 0.336 e. The van der Waals surface area contributed by atoms with Gasteiger partial charge in [-0.1, -0.05) is 55.1 Å². The highest BCUT2D eigenvalue weighted by Gasteiger charge is 1.98. The second kappa shape index (κ2) is 6.36. The van der Waals surface area contributed by atoms with Crippen LogP contribution in [0.3, 0.4) is 0 Å². The number of benzene rings is 2. The number of carbonyl (C=O) groups is 1. The Morgan fingerprint density at radius 2 is 1.58 bits per heavy atom. The molecule has 0 aromatic heterocycles. The Morgan fingerprint density at radius 1 is 0.947 bits per heavy atom. The first-order valence-electron chi connectivity index (χ1n) is 5.95. The Kier molecular flexibility index (Phi) is 4.29. The number of hydrogen-bond acceptors (Lipinski definition) is 2. The first-order chi connectivity index (χ1) is 9.28. The normalized spacial score (nSPS) is 10.3. The van der Waals surface area contributed by atoms with Gasteiger partial charge in [0.05, 0.1) is 0 Å². The van der Waals surface area contributed by atoms with E-state index < -0.39 is 0 Å². The Bertz CT molecular complexity index is 580. The van der Waals surface area contributed by atoms with Gasteiger partial charge >= 0.3 is 5.97 Å². The van der Waals surface area contributed by atoms with Crippen LogP contribution in [0.25, 0.3) is 12.2 Å². The smallest absolute Gasteiger partial charge is 0.336 e. The van der Waals surface area contributed by atoms with E-state index in [1.807, 2.05) is 42.5 Å². The van der Waals surface area contributed by atoms with Crippen molar-refractivity contribution in [3.05, 3.63) is 78.4 Å². The minimum Gasteiger partial charge on any atom is -0.423 e. The van der Waals surface area contributed by atoms with E-state index in [4.69, 9.17) is 4.74 Å². The lowest BCUT2D eigenvalue weighted by Crippen LogP contribution is -2.03. The topological polar surface area (TPSA) is 26.3 Å². The molecule has 19 heavy (non-hydrogen) atoms. The monoisotopic (exact) mass is 250 g/mol. The third kappa shape index (κ3) is 3.96. The molecule has 0 saturated carbocycles. The lowest BCUT2D eigenvalue weighted by Gasteiger charge is -2.00. The SMILES string of the molecule is C=Cc1ccc(C=CC(=O)Oc2ccccc2)cc1. The Hall–Kier alpha value is -2.61. The van der Waals surface area contributed by atoms with Crippen molar-refractivity contribution in [1.29, 1.82) is 0 Å². The summed E-state index contributed by atoms with van der Waals surface area (Å²) < 4.78 is 5.14. The van der Waals surface area contributed by atoms with Gasteiger partial charge in [0.25, 0.3) is 0 Å². The van der Waals surface area contributed by atoms with Crippen molar-refractivity contribution in [2.45, 2.75) is 0 Å². The lowest BCUT2D eigenvalue weighted by molar-refractivity contribution is -0.128. The van der Waals surface area contributed by atoms with Crippen LogP contribution in [0.4, 0.5) is 0 Å². The molecule has 0 bridgehead atoms. The molecule has 0 saturated heterocycles. The molecule has 0 amide bonds. The number of rotatable bonds is 4. The van der Waals surface area contributed by atoms with Gasteiger partial charge in [0.15, 0.2) is 0 Å². The van der Waals surface area contributed by atoms with Crippen LogP contribution in [-0.2, 0) is 4.79 Å². The van der Waals surface area contributed by atoms with Crippen molar-refractivity contribution >= 4 is 18.1 Å². The van der Waals surface area contributed by atoms with Crippen LogP contribution in [0.2, 0.25) is 0 Å². The first-order valence-corrected chi connectivity index (χ1v) is 5.95. The Balaban J connectivity index is 1.97. The molecule has 0 unspecified atom stereocenters. The molecular weight excluding hydrogens is 236 g/mol. The average Bonchev–Trinajstić information content (AvgIpc) is 2.47. The summed E-state index contributed by atoms with van der Waals surface area (Å²) in [5.74, 6) is 0.151. The Labute approximate surface area is 112 Å². The van der Waals surface area contributed by atoms with Crippen molar-refractivity contribution in [3.8, 4) is 5.75 Å². The van der Waals surface area contributed by atoms with Crippen molar-refractivity contribution in [2.24, 2.45) is 0 Å². The van der Waals surface area contributed by atoms with E-state index >= 15 is 0 Å². The van der Waals surface area contributed by atoms with Crippen LogP contribution in [-0.4, -0.2) is 5.97 Å². The molecule has 94 valence electrons. The number of hydrogen-bond donors (Lipinski definition) is 0. The van der Waals surface area contributed by atoms with Gasteiger partial charge in [-0.3, -0.25) is 0 Å². The molecule has 0 radical (unpaired) electrons. The quantitative estimate of drug-likeness (QED) is 0.466. The second-order valence-corrected chi connectivity index (χ2v) is 3.94. The number of esters is 1. The largest absolute Gasteiger partial charge is 0.423 e. The third-order valence-corrected chi connectivity index (χ3v) is 2.55. The van der Waals surface area contributed by atoms with E-state index in [2.05, 4.69) is 6.58 Å². The number of carbonyl (C=O) groups excluding carboxylic acids is 1. The zero-order valence-electron chi connectivity index (χ0n) is 10.5. The molecule has 2 aromatic carbocycles. The highest BCUT2D eigenvalue weighted by Crippen LogP contribution is 2.10. The average molecular weight is 250 g/mol. The van der Waals surface area contributed by atoms with Crippen LogP contribution in [0.5, 0.6) is 5.75 Å². The number of ether oxygens (including phenoxy) is 1. The van der Waals surface area contributed by atoms with Gasteiger partial charge in [-0.25, -0.2) is 4.79 Å². The maximum absolute atomic E-state index is 11.6. The van der Waals surface area contributed by atoms with Crippen molar-refractivity contribution in [1.82, 2.24) is 0 Å². The van der Waals surface area contributed by atoms with Crippen LogP contribution < -0.4 is 4.74 Å². The predicted octanol–water partition coefficient (Wildman–Crippen LogP) is 3.95. The van der Waals surface area contributed by atoms with Crippen molar-refractivity contribution < 1.29 is 9.53 Å². The molecule has 0 aliphatic carbocycles. The molecule has 2 heteroatoms. The van der Waals surface area contributed by atoms with Gasteiger partial charge in [0.1, 0.15) is 5.75 Å². The highest BCUT2D eigenvalue weighted by atomic mass is 16.5. The Morgan fingerprint density at radius 3 is 2.21 bits per heavy atom. The van der Waals surface area contributed by atoms with E-state index in [-0.39, 0.29) is 5.97 Å². The number of para-hydroxylation sites is 1. The summed E-state index contributed by atoms with van der Waals surface area (Å²) in [5.41, 5.74) is 1.99. The van der Waals surface area contributed by atoms with Gasteiger partial charge in [0, 0.05) is 6.08 Å². The summed E-state index contributed by atoms with van der Waals surface area (Å²) in [6.07, 6.45) is 4.91. The molecule has 2 aromatic rings. The van der Waals surface area contributed by atoms with Crippen LogP contribution in [0.15, 0.2) is 67.3 Å². The van der Waals surface area contributed by atoms with Gasteiger partial charge in [-0.2, -0.15) is 0 Å². The van der Waals surface area contributed by atoms with E-state index in [1.165, 1.54) is 6.08 Å². The van der Waals surface area contributed by atoms with Gasteiger partial charge in [0.2, 0.25) is 0 Å². The van der Waals surface area contributed by atoms with E-state index in [9.17, 15) is 4.79 Å². The second-order valence-electron chi connectivity index (χ2n) is 3.94. The van der Waals surface area contributed by atoms with Crippen molar-refractivity contribution in [3.63, 3.8) is 0 Å². The molecule has 0 fully saturated rings. The molecule has 0 spiro atoms. The summed E-state index contributed by atoms with van der Waals surface area (Å²) >= 11 is 0. The summed E-state index contributed by atoms with van der Waals surface area (Å²) in [4.78, 5) is 11.6. The summed E-state index contributed by atoms with van der Waals surface area (Å²) in [7, 11) is 0. The molecule has 0 aliphatic rings. The summed E-state index contributed by atoms with van der Waals surface area (Å²) in [5, 5.41) is 0. The minimum atomic E-state index is -0.390. The fraction of sp³-hybridized carbons (Fsp3) is 0. The van der Waals surface area contributed by atoms with E-state index in [1.54, 1.807) is 24.3 Å². The van der Waals surface area contributed by atoms with Gasteiger partial charge in [-0.05, 0) is 29.3 Å². The lowest BCUT2D eigenvalue weighted by atomic mass is 10.1. The molecule has 0 N–H and O–H groups in total. The summed E-state index contributed by atoms with van der Waals surface area (Å²) in [6, 6.07) is 16.7. The first kappa shape index (κ1) is 12.8. The zero-order chi connectivity index (χ0) is 13.5. The highest BCUT2D eigenvalue weighted by molar-refractivity contribution is 5.88. The van der Waals surface area contributed by atoms with Gasteiger partial charge < -0.3 is 4.74 Å². The third-order valence-electron chi connectivity index (χ3n) is 2.55. The van der Waals surface area contributed by atoms with Gasteiger partial charge in [-0.15, -0.1) is 0 Å². The molecule has 0 atom stereocenters. The van der Waals surface area contributed by atoms with Crippen LogP contribution >= 0.6 is 0 Å². The molecule has 2 nitrogen and oxygen atoms in total. The van der Waals surface area contributed by atoms with Crippen LogP contribution in [0, 0.1) is 0 Å².